The molecule has 5 nitrogen and oxygen atoms in total. The summed E-state index contributed by atoms with van der Waals surface area (Å²) in [6, 6.07) is 0.0866. The van der Waals surface area contributed by atoms with Crippen molar-refractivity contribution >= 4 is 5.97 Å². The van der Waals surface area contributed by atoms with Crippen LogP contribution in [0.2, 0.25) is 0 Å². The van der Waals surface area contributed by atoms with Gasteiger partial charge in [0.15, 0.2) is 0 Å². The van der Waals surface area contributed by atoms with Crippen molar-refractivity contribution in [3.05, 3.63) is 0 Å². The molecule has 0 spiro atoms. The van der Waals surface area contributed by atoms with E-state index in [9.17, 15) is 4.79 Å². The molecule has 0 aliphatic carbocycles. The third kappa shape index (κ3) is 4.59. The smallest absolute Gasteiger partial charge is 0.303 e. The van der Waals surface area contributed by atoms with Crippen molar-refractivity contribution in [2.45, 2.75) is 25.3 Å². The Balaban J connectivity index is 2.15. The molecule has 0 radical (unpaired) electrons. The lowest BCUT2D eigenvalue weighted by molar-refractivity contribution is -0.137. The molecule has 1 aliphatic rings. The highest BCUT2D eigenvalue weighted by Gasteiger charge is 2.21. The zero-order chi connectivity index (χ0) is 11.1. The first-order valence-corrected chi connectivity index (χ1v) is 5.38. The summed E-state index contributed by atoms with van der Waals surface area (Å²) in [5.74, 6) is -0.740. The lowest BCUT2D eigenvalue weighted by Gasteiger charge is -2.34. The van der Waals surface area contributed by atoms with Crippen LogP contribution in [-0.2, 0) is 9.53 Å². The van der Waals surface area contributed by atoms with Gasteiger partial charge >= 0.3 is 5.97 Å². The minimum atomic E-state index is -0.740. The van der Waals surface area contributed by atoms with Gasteiger partial charge in [-0.3, -0.25) is 9.69 Å². The molecule has 0 aromatic heterocycles. The Morgan fingerprint density at radius 1 is 1.47 bits per heavy atom. The number of aliphatic hydroxyl groups excluding tert-OH is 1. The second kappa shape index (κ2) is 6.76. The average molecular weight is 217 g/mol. The highest BCUT2D eigenvalue weighted by molar-refractivity contribution is 5.66. The molecule has 15 heavy (non-hydrogen) atoms. The number of carboxylic acid groups (broad SMARTS) is 1. The summed E-state index contributed by atoms with van der Waals surface area (Å²) < 4.78 is 5.25. The van der Waals surface area contributed by atoms with Gasteiger partial charge in [0.05, 0.1) is 25.9 Å². The van der Waals surface area contributed by atoms with E-state index in [1.165, 1.54) is 0 Å². The second-order valence-corrected chi connectivity index (χ2v) is 3.80. The second-order valence-electron chi connectivity index (χ2n) is 3.80. The normalized spacial score (nSPS) is 22.9. The van der Waals surface area contributed by atoms with Crippen molar-refractivity contribution in [3.8, 4) is 0 Å². The fraction of sp³-hybridized carbons (Fsp3) is 0.900. The van der Waals surface area contributed by atoms with E-state index in [1.54, 1.807) is 0 Å². The quantitative estimate of drug-likeness (QED) is 0.610. The molecule has 1 heterocycles. The topological polar surface area (TPSA) is 70.0 Å². The van der Waals surface area contributed by atoms with Crippen molar-refractivity contribution in [2.24, 2.45) is 0 Å². The maximum absolute atomic E-state index is 10.3. The fourth-order valence-corrected chi connectivity index (χ4v) is 1.74. The Morgan fingerprint density at radius 2 is 2.27 bits per heavy atom. The highest BCUT2D eigenvalue weighted by atomic mass is 16.5. The average Bonchev–Trinajstić information content (AvgIpc) is 2.24. The van der Waals surface area contributed by atoms with E-state index >= 15 is 0 Å². The van der Waals surface area contributed by atoms with Gasteiger partial charge in [-0.1, -0.05) is 0 Å². The summed E-state index contributed by atoms with van der Waals surface area (Å²) in [6.07, 6.45) is 1.79. The third-order valence-corrected chi connectivity index (χ3v) is 2.65. The van der Waals surface area contributed by atoms with Gasteiger partial charge in [-0.15, -0.1) is 0 Å². The molecule has 0 saturated carbocycles. The number of hydrogen-bond donors (Lipinski definition) is 2. The molecule has 0 bridgehead atoms. The van der Waals surface area contributed by atoms with Gasteiger partial charge in [-0.25, -0.2) is 0 Å². The number of rotatable bonds is 6. The van der Waals surface area contributed by atoms with Crippen molar-refractivity contribution in [2.75, 3.05) is 32.9 Å². The van der Waals surface area contributed by atoms with Crippen LogP contribution < -0.4 is 0 Å². The number of ether oxygens (including phenoxy) is 1. The van der Waals surface area contributed by atoms with Crippen LogP contribution in [0.15, 0.2) is 0 Å². The molecule has 1 saturated heterocycles. The number of nitrogens with zero attached hydrogens (tertiary/aromatic N) is 1. The first-order chi connectivity index (χ1) is 7.24. The SMILES string of the molecule is O=C(O)CCCCN1CCOCC1CO. The highest BCUT2D eigenvalue weighted by Crippen LogP contribution is 2.08. The van der Waals surface area contributed by atoms with Crippen molar-refractivity contribution in [1.82, 2.24) is 4.90 Å². The number of aliphatic carboxylic acids is 1. The molecule has 0 amide bonds. The summed E-state index contributed by atoms with van der Waals surface area (Å²) in [4.78, 5) is 12.5. The van der Waals surface area contributed by atoms with Gasteiger partial charge < -0.3 is 14.9 Å². The molecule has 5 heteroatoms. The van der Waals surface area contributed by atoms with E-state index in [1.807, 2.05) is 0 Å². The van der Waals surface area contributed by atoms with Crippen LogP contribution in [-0.4, -0.2) is 60.0 Å². The van der Waals surface area contributed by atoms with Gasteiger partial charge in [-0.2, -0.15) is 0 Å². The Morgan fingerprint density at radius 3 is 2.93 bits per heavy atom. The predicted octanol–water partition coefficient (Wildman–Crippen LogP) is -0.0656. The number of unbranched alkanes of at least 4 members (excludes halogenated alkanes) is 1. The third-order valence-electron chi connectivity index (χ3n) is 2.65. The largest absolute Gasteiger partial charge is 0.481 e. The molecule has 0 aromatic carbocycles. The van der Waals surface area contributed by atoms with Crippen LogP contribution >= 0.6 is 0 Å². The van der Waals surface area contributed by atoms with Crippen LogP contribution in [0.1, 0.15) is 19.3 Å². The van der Waals surface area contributed by atoms with E-state index in [0.29, 0.717) is 19.6 Å². The Labute approximate surface area is 89.6 Å². The Kier molecular flexibility index (Phi) is 5.60. The molecule has 88 valence electrons. The molecule has 1 aliphatic heterocycles. The minimum absolute atomic E-state index is 0.0866. The fourth-order valence-electron chi connectivity index (χ4n) is 1.74. The van der Waals surface area contributed by atoms with E-state index in [2.05, 4.69) is 4.90 Å². The first-order valence-electron chi connectivity index (χ1n) is 5.38. The van der Waals surface area contributed by atoms with Crippen molar-refractivity contribution in [1.29, 1.82) is 0 Å². The lowest BCUT2D eigenvalue weighted by atomic mass is 10.2. The monoisotopic (exact) mass is 217 g/mol. The molecule has 1 rings (SSSR count). The van der Waals surface area contributed by atoms with Crippen LogP contribution in [0.3, 0.4) is 0 Å². The number of carbonyl (C=O) groups is 1. The lowest BCUT2D eigenvalue weighted by Crippen LogP contribution is -2.47. The molecule has 1 fully saturated rings. The van der Waals surface area contributed by atoms with Crippen molar-refractivity contribution in [3.63, 3.8) is 0 Å². The number of morpholine rings is 1. The summed E-state index contributed by atoms with van der Waals surface area (Å²) in [6.45, 7) is 3.07. The van der Waals surface area contributed by atoms with Gasteiger partial charge in [0, 0.05) is 13.0 Å². The number of aliphatic hydroxyl groups is 1. The zero-order valence-corrected chi connectivity index (χ0v) is 8.89. The standard InChI is InChI=1S/C10H19NO4/c12-7-9-8-15-6-5-11(9)4-2-1-3-10(13)14/h9,12H,1-8H2,(H,13,14). The first kappa shape index (κ1) is 12.4. The Hall–Kier alpha value is -0.650. The van der Waals surface area contributed by atoms with E-state index in [4.69, 9.17) is 14.9 Å². The number of carboxylic acids is 1. The predicted molar refractivity (Wildman–Crippen MR) is 54.8 cm³/mol. The van der Waals surface area contributed by atoms with Crippen LogP contribution in [0.25, 0.3) is 0 Å². The summed E-state index contributed by atoms with van der Waals surface area (Å²) in [7, 11) is 0. The van der Waals surface area contributed by atoms with Gasteiger partial charge in [-0.05, 0) is 19.4 Å². The van der Waals surface area contributed by atoms with E-state index in [-0.39, 0.29) is 19.1 Å². The van der Waals surface area contributed by atoms with E-state index in [0.717, 1.165) is 19.5 Å². The molecule has 2 N–H and O–H groups in total. The number of hydrogen-bond acceptors (Lipinski definition) is 4. The van der Waals surface area contributed by atoms with Gasteiger partial charge in [0.1, 0.15) is 0 Å². The maximum Gasteiger partial charge on any atom is 0.303 e. The van der Waals surface area contributed by atoms with Gasteiger partial charge in [0.2, 0.25) is 0 Å². The molecule has 0 aromatic rings. The van der Waals surface area contributed by atoms with E-state index < -0.39 is 5.97 Å². The van der Waals surface area contributed by atoms with Crippen molar-refractivity contribution < 1.29 is 19.7 Å². The van der Waals surface area contributed by atoms with Gasteiger partial charge in [0.25, 0.3) is 0 Å². The molecular formula is C10H19NO4. The maximum atomic E-state index is 10.3. The Bertz CT molecular complexity index is 198. The van der Waals surface area contributed by atoms with Crippen LogP contribution in [0.4, 0.5) is 0 Å². The van der Waals surface area contributed by atoms with Crippen LogP contribution in [0, 0.1) is 0 Å². The summed E-state index contributed by atoms with van der Waals surface area (Å²) in [5.41, 5.74) is 0. The summed E-state index contributed by atoms with van der Waals surface area (Å²) in [5, 5.41) is 17.6. The van der Waals surface area contributed by atoms with Crippen LogP contribution in [0.5, 0.6) is 0 Å². The molecule has 1 unspecified atom stereocenters. The minimum Gasteiger partial charge on any atom is -0.481 e. The molecular weight excluding hydrogens is 198 g/mol. The molecule has 1 atom stereocenters. The zero-order valence-electron chi connectivity index (χ0n) is 8.89. The summed E-state index contributed by atoms with van der Waals surface area (Å²) >= 11 is 0.